The highest BCUT2D eigenvalue weighted by atomic mass is 16.2. The number of nitrogens with one attached hydrogen (secondary N) is 1. The monoisotopic (exact) mass is 269 g/mol. The number of likely N-dealkylation sites (tertiary alicyclic amines) is 1. The number of piperidine rings is 1. The van der Waals surface area contributed by atoms with E-state index >= 15 is 0 Å². The van der Waals surface area contributed by atoms with Gasteiger partial charge in [0, 0.05) is 19.1 Å². The molecule has 1 saturated heterocycles. The lowest BCUT2D eigenvalue weighted by Crippen LogP contribution is -2.45. The average molecular weight is 269 g/mol. The van der Waals surface area contributed by atoms with Crippen molar-refractivity contribution in [3.05, 3.63) is 0 Å². The van der Waals surface area contributed by atoms with Crippen LogP contribution in [0.25, 0.3) is 0 Å². The molecule has 1 amide bonds. The van der Waals surface area contributed by atoms with Crippen molar-refractivity contribution in [2.45, 2.75) is 65.0 Å². The van der Waals surface area contributed by atoms with Crippen LogP contribution in [0.3, 0.4) is 0 Å². The van der Waals surface area contributed by atoms with E-state index in [2.05, 4.69) is 24.1 Å². The first-order valence-electron chi connectivity index (χ1n) is 7.83. The predicted molar refractivity (Wildman–Crippen MR) is 79.9 cm³/mol. The van der Waals surface area contributed by atoms with E-state index in [0.29, 0.717) is 6.04 Å². The summed E-state index contributed by atoms with van der Waals surface area (Å²) in [7, 11) is 0. The number of rotatable bonds is 7. The maximum atomic E-state index is 11.8. The Morgan fingerprint density at radius 1 is 1.47 bits per heavy atom. The normalized spacial score (nSPS) is 23.9. The summed E-state index contributed by atoms with van der Waals surface area (Å²) in [6.45, 7) is 9.43. The van der Waals surface area contributed by atoms with Crippen LogP contribution < -0.4 is 11.1 Å². The van der Waals surface area contributed by atoms with E-state index in [1.165, 1.54) is 25.8 Å². The van der Waals surface area contributed by atoms with E-state index in [4.69, 9.17) is 5.73 Å². The van der Waals surface area contributed by atoms with Crippen molar-refractivity contribution < 1.29 is 4.79 Å². The Bertz CT molecular complexity index is 270. The number of amides is 1. The second-order valence-electron chi connectivity index (χ2n) is 5.94. The predicted octanol–water partition coefficient (Wildman–Crippen LogP) is 1.74. The Balaban J connectivity index is 2.14. The summed E-state index contributed by atoms with van der Waals surface area (Å²) in [4.78, 5) is 14.3. The zero-order valence-electron chi connectivity index (χ0n) is 12.8. The van der Waals surface area contributed by atoms with Gasteiger partial charge >= 0.3 is 0 Å². The lowest BCUT2D eigenvalue weighted by atomic mass is 9.99. The van der Waals surface area contributed by atoms with Gasteiger partial charge in [0.15, 0.2) is 0 Å². The summed E-state index contributed by atoms with van der Waals surface area (Å²) in [6, 6.07) is 0.339. The van der Waals surface area contributed by atoms with Crippen LogP contribution in [0, 0.1) is 5.92 Å². The van der Waals surface area contributed by atoms with Crippen molar-refractivity contribution in [2.24, 2.45) is 11.7 Å². The fraction of sp³-hybridized carbons (Fsp3) is 0.933. The zero-order valence-corrected chi connectivity index (χ0v) is 12.8. The first kappa shape index (κ1) is 16.4. The van der Waals surface area contributed by atoms with Gasteiger partial charge in [-0.05, 0) is 38.6 Å². The van der Waals surface area contributed by atoms with E-state index in [-0.39, 0.29) is 17.9 Å². The van der Waals surface area contributed by atoms with Crippen LogP contribution in [0.4, 0.5) is 0 Å². The average Bonchev–Trinajstić information content (AvgIpc) is 2.43. The van der Waals surface area contributed by atoms with Crippen molar-refractivity contribution in [2.75, 3.05) is 19.6 Å². The molecule has 0 aromatic heterocycles. The third kappa shape index (κ3) is 5.49. The van der Waals surface area contributed by atoms with Crippen LogP contribution in [0.2, 0.25) is 0 Å². The van der Waals surface area contributed by atoms with Crippen LogP contribution in [0.15, 0.2) is 0 Å². The van der Waals surface area contributed by atoms with Gasteiger partial charge in [-0.25, -0.2) is 0 Å². The molecule has 1 heterocycles. The van der Waals surface area contributed by atoms with Crippen molar-refractivity contribution in [1.29, 1.82) is 0 Å². The van der Waals surface area contributed by atoms with Crippen LogP contribution in [0.5, 0.6) is 0 Å². The first-order chi connectivity index (χ1) is 9.06. The topological polar surface area (TPSA) is 58.4 Å². The van der Waals surface area contributed by atoms with Crippen LogP contribution >= 0.6 is 0 Å². The number of carbonyl (C=O) groups is 1. The minimum absolute atomic E-state index is 0.000965. The molecule has 0 aromatic carbocycles. The van der Waals surface area contributed by atoms with Gasteiger partial charge in [0.2, 0.25) is 5.91 Å². The lowest BCUT2D eigenvalue weighted by Gasteiger charge is -2.33. The molecule has 112 valence electrons. The van der Waals surface area contributed by atoms with Crippen molar-refractivity contribution >= 4 is 5.91 Å². The number of hydrogen-bond donors (Lipinski definition) is 2. The molecular weight excluding hydrogens is 238 g/mol. The van der Waals surface area contributed by atoms with Gasteiger partial charge in [-0.15, -0.1) is 0 Å². The fourth-order valence-corrected chi connectivity index (χ4v) is 2.61. The number of carbonyl (C=O) groups excluding carboxylic acids is 1. The molecule has 1 unspecified atom stereocenters. The molecule has 19 heavy (non-hydrogen) atoms. The lowest BCUT2D eigenvalue weighted by molar-refractivity contribution is -0.123. The van der Waals surface area contributed by atoms with E-state index < -0.39 is 0 Å². The summed E-state index contributed by atoms with van der Waals surface area (Å²) in [5, 5.41) is 2.96. The molecule has 4 nitrogen and oxygen atoms in total. The molecule has 0 bridgehead atoms. The molecular formula is C15H31N3O. The molecule has 0 saturated carbocycles. The molecule has 1 aliphatic rings. The molecule has 0 aliphatic carbocycles. The van der Waals surface area contributed by atoms with Crippen LogP contribution in [0.1, 0.15) is 52.9 Å². The maximum absolute atomic E-state index is 11.8. The number of hydrogen-bond acceptors (Lipinski definition) is 3. The van der Waals surface area contributed by atoms with Crippen molar-refractivity contribution in [3.63, 3.8) is 0 Å². The Hall–Kier alpha value is -0.610. The third-order valence-corrected chi connectivity index (χ3v) is 4.42. The molecule has 4 heteroatoms. The van der Waals surface area contributed by atoms with Gasteiger partial charge in [0.05, 0.1) is 6.04 Å². The first-order valence-corrected chi connectivity index (χ1v) is 7.83. The van der Waals surface area contributed by atoms with Crippen molar-refractivity contribution in [1.82, 2.24) is 10.2 Å². The van der Waals surface area contributed by atoms with E-state index in [0.717, 1.165) is 25.9 Å². The highest BCUT2D eigenvalue weighted by Crippen LogP contribution is 2.16. The smallest absolute Gasteiger partial charge is 0.237 e. The minimum Gasteiger partial charge on any atom is -0.355 e. The summed E-state index contributed by atoms with van der Waals surface area (Å²) < 4.78 is 0. The number of nitrogens with two attached hydrogens (primary N) is 1. The molecule has 1 rings (SSSR count). The Labute approximate surface area is 118 Å². The van der Waals surface area contributed by atoms with E-state index in [9.17, 15) is 4.79 Å². The second kappa shape index (κ2) is 8.54. The van der Waals surface area contributed by atoms with Gasteiger partial charge in [-0.2, -0.15) is 0 Å². The SMILES string of the molecule is CC[C@H](C)[C@H](N)C(=O)NCCCN1CCCCC1C. The van der Waals surface area contributed by atoms with Crippen LogP contribution in [-0.4, -0.2) is 42.5 Å². The van der Waals surface area contributed by atoms with Gasteiger partial charge in [-0.1, -0.05) is 26.7 Å². The second-order valence-corrected chi connectivity index (χ2v) is 5.94. The molecule has 3 atom stereocenters. The largest absolute Gasteiger partial charge is 0.355 e. The minimum atomic E-state index is -0.362. The molecule has 3 N–H and O–H groups in total. The van der Waals surface area contributed by atoms with Crippen LogP contribution in [-0.2, 0) is 4.79 Å². The Kier molecular flexibility index (Phi) is 7.39. The highest BCUT2D eigenvalue weighted by molar-refractivity contribution is 5.81. The van der Waals surface area contributed by atoms with E-state index in [1.807, 2.05) is 6.92 Å². The summed E-state index contributed by atoms with van der Waals surface area (Å²) in [5.41, 5.74) is 5.90. The standard InChI is InChI=1S/C15H31N3O/c1-4-12(2)14(16)15(19)17-9-7-11-18-10-6-5-8-13(18)3/h12-14H,4-11,16H2,1-3H3,(H,17,19)/t12-,13?,14-/m0/s1. The molecule has 0 radical (unpaired) electrons. The van der Waals surface area contributed by atoms with Gasteiger partial charge in [0.25, 0.3) is 0 Å². The molecule has 0 spiro atoms. The highest BCUT2D eigenvalue weighted by Gasteiger charge is 2.20. The fourth-order valence-electron chi connectivity index (χ4n) is 2.61. The van der Waals surface area contributed by atoms with Gasteiger partial charge < -0.3 is 16.0 Å². The Morgan fingerprint density at radius 3 is 2.84 bits per heavy atom. The molecule has 1 aliphatic heterocycles. The maximum Gasteiger partial charge on any atom is 0.237 e. The third-order valence-electron chi connectivity index (χ3n) is 4.42. The van der Waals surface area contributed by atoms with Gasteiger partial charge in [-0.3, -0.25) is 4.79 Å². The molecule has 1 fully saturated rings. The van der Waals surface area contributed by atoms with E-state index in [1.54, 1.807) is 0 Å². The number of nitrogens with zero attached hydrogens (tertiary/aromatic N) is 1. The quantitative estimate of drug-likeness (QED) is 0.692. The molecule has 0 aromatic rings. The summed E-state index contributed by atoms with van der Waals surface area (Å²) in [5.74, 6) is 0.253. The summed E-state index contributed by atoms with van der Waals surface area (Å²) in [6.07, 6.45) is 5.95. The summed E-state index contributed by atoms with van der Waals surface area (Å²) >= 11 is 0. The zero-order chi connectivity index (χ0) is 14.3. The van der Waals surface area contributed by atoms with Crippen molar-refractivity contribution in [3.8, 4) is 0 Å². The Morgan fingerprint density at radius 2 is 2.21 bits per heavy atom. The van der Waals surface area contributed by atoms with Gasteiger partial charge in [0.1, 0.15) is 0 Å².